The van der Waals surface area contributed by atoms with E-state index in [2.05, 4.69) is 29.6 Å². The van der Waals surface area contributed by atoms with E-state index < -0.39 is 5.25 Å². The van der Waals surface area contributed by atoms with Gasteiger partial charge in [-0.25, -0.2) is 4.68 Å². The number of anilines is 2. The Morgan fingerprint density at radius 3 is 2.96 bits per heavy atom. The summed E-state index contributed by atoms with van der Waals surface area (Å²) in [5.74, 6) is 0.768. The molecule has 1 aromatic heterocycles. The molecule has 1 atom stereocenters. The summed E-state index contributed by atoms with van der Waals surface area (Å²) in [6, 6.07) is 9.38. The Bertz CT molecular complexity index is 757. The molecule has 7 heteroatoms. The van der Waals surface area contributed by atoms with Gasteiger partial charge in [-0.2, -0.15) is 5.10 Å². The van der Waals surface area contributed by atoms with Gasteiger partial charge in [-0.15, -0.1) is 11.8 Å². The van der Waals surface area contributed by atoms with Crippen molar-refractivity contribution in [3.05, 3.63) is 36.5 Å². The first-order chi connectivity index (χ1) is 11.5. The molecule has 24 heavy (non-hydrogen) atoms. The molecule has 1 aliphatic rings. The first-order valence-corrected chi connectivity index (χ1v) is 8.79. The molecule has 0 radical (unpaired) electrons. The Morgan fingerprint density at radius 1 is 1.38 bits per heavy atom. The van der Waals surface area contributed by atoms with Crippen LogP contribution in [0.25, 0.3) is 0 Å². The fraction of sp³-hybridized carbons (Fsp3) is 0.353. The molecule has 6 nitrogen and oxygen atoms in total. The number of aromatic nitrogens is 2. The van der Waals surface area contributed by atoms with E-state index in [-0.39, 0.29) is 18.2 Å². The molecule has 2 amide bonds. The number of nitrogens with zero attached hydrogens (tertiary/aromatic N) is 2. The van der Waals surface area contributed by atoms with E-state index in [0.717, 1.165) is 17.1 Å². The fourth-order valence-corrected chi connectivity index (χ4v) is 3.63. The SMILES string of the molecule is CC(C)Cn1nccc1NC(=O)CC1Sc2ccccc2NC1=O. The fourth-order valence-electron chi connectivity index (χ4n) is 2.52. The molecule has 126 valence electrons. The van der Waals surface area contributed by atoms with Crippen molar-refractivity contribution in [3.8, 4) is 0 Å². The molecule has 2 N–H and O–H groups in total. The standard InChI is InChI=1S/C17H20N4O2S/c1-11(2)10-21-15(7-8-18-21)20-16(22)9-14-17(23)19-12-5-3-4-6-13(12)24-14/h3-8,11,14H,9-10H2,1-2H3,(H,19,23)(H,20,22). The summed E-state index contributed by atoms with van der Waals surface area (Å²) in [6.07, 6.45) is 1.79. The summed E-state index contributed by atoms with van der Waals surface area (Å²) in [6.45, 7) is 4.91. The van der Waals surface area contributed by atoms with E-state index >= 15 is 0 Å². The molecule has 2 heterocycles. The van der Waals surface area contributed by atoms with Gasteiger partial charge >= 0.3 is 0 Å². The third-order valence-electron chi connectivity index (χ3n) is 3.60. The van der Waals surface area contributed by atoms with Crippen LogP contribution in [-0.2, 0) is 16.1 Å². The molecule has 1 aromatic carbocycles. The maximum absolute atomic E-state index is 12.3. The van der Waals surface area contributed by atoms with Crippen LogP contribution in [0.2, 0.25) is 0 Å². The van der Waals surface area contributed by atoms with Crippen molar-refractivity contribution in [2.45, 2.75) is 37.0 Å². The number of benzene rings is 1. The third kappa shape index (κ3) is 3.79. The first-order valence-electron chi connectivity index (χ1n) is 7.91. The number of thioether (sulfide) groups is 1. The van der Waals surface area contributed by atoms with E-state index in [1.54, 1.807) is 16.9 Å². The van der Waals surface area contributed by atoms with Gasteiger partial charge in [-0.1, -0.05) is 26.0 Å². The molecule has 0 spiro atoms. The maximum Gasteiger partial charge on any atom is 0.238 e. The third-order valence-corrected chi connectivity index (χ3v) is 4.87. The van der Waals surface area contributed by atoms with Crippen LogP contribution in [0, 0.1) is 5.92 Å². The molecule has 0 fully saturated rings. The second-order valence-electron chi connectivity index (χ2n) is 6.14. The summed E-state index contributed by atoms with van der Waals surface area (Å²) in [4.78, 5) is 25.5. The van der Waals surface area contributed by atoms with Crippen LogP contribution in [0.3, 0.4) is 0 Å². The Balaban J connectivity index is 1.63. The predicted octanol–water partition coefficient (Wildman–Crippen LogP) is 2.98. The highest BCUT2D eigenvalue weighted by Crippen LogP contribution is 2.36. The molecule has 2 aromatic rings. The lowest BCUT2D eigenvalue weighted by molar-refractivity contribution is -0.120. The van der Waals surface area contributed by atoms with Crippen LogP contribution in [-0.4, -0.2) is 26.8 Å². The quantitative estimate of drug-likeness (QED) is 0.874. The molecular formula is C17H20N4O2S. The minimum atomic E-state index is -0.429. The molecular weight excluding hydrogens is 324 g/mol. The normalized spacial score (nSPS) is 16.6. The van der Waals surface area contributed by atoms with E-state index in [0.29, 0.717) is 11.7 Å². The van der Waals surface area contributed by atoms with Gasteiger partial charge in [0.25, 0.3) is 0 Å². The van der Waals surface area contributed by atoms with Crippen molar-refractivity contribution < 1.29 is 9.59 Å². The zero-order chi connectivity index (χ0) is 17.1. The van der Waals surface area contributed by atoms with Gasteiger partial charge in [-0.05, 0) is 18.1 Å². The molecule has 3 rings (SSSR count). The summed E-state index contributed by atoms with van der Waals surface area (Å²) < 4.78 is 1.77. The van der Waals surface area contributed by atoms with E-state index in [1.807, 2.05) is 24.3 Å². The monoisotopic (exact) mass is 344 g/mol. The van der Waals surface area contributed by atoms with Crippen molar-refractivity contribution in [2.24, 2.45) is 5.92 Å². The van der Waals surface area contributed by atoms with Crippen molar-refractivity contribution >= 4 is 35.1 Å². The van der Waals surface area contributed by atoms with E-state index in [1.165, 1.54) is 11.8 Å². The summed E-state index contributed by atoms with van der Waals surface area (Å²) in [5, 5.41) is 9.50. The highest BCUT2D eigenvalue weighted by molar-refractivity contribution is 8.01. The smallest absolute Gasteiger partial charge is 0.238 e. The molecule has 0 aliphatic carbocycles. The van der Waals surface area contributed by atoms with Gasteiger partial charge in [0.15, 0.2) is 0 Å². The van der Waals surface area contributed by atoms with Crippen LogP contribution >= 0.6 is 11.8 Å². The maximum atomic E-state index is 12.3. The van der Waals surface area contributed by atoms with Crippen LogP contribution in [0.4, 0.5) is 11.5 Å². The second-order valence-corrected chi connectivity index (χ2v) is 7.38. The first kappa shape index (κ1) is 16.6. The lowest BCUT2D eigenvalue weighted by Crippen LogP contribution is -2.32. The van der Waals surface area contributed by atoms with Gasteiger partial charge in [0.05, 0.1) is 17.1 Å². The topological polar surface area (TPSA) is 76.0 Å². The Labute approximate surface area is 145 Å². The van der Waals surface area contributed by atoms with Crippen LogP contribution in [0.1, 0.15) is 20.3 Å². The van der Waals surface area contributed by atoms with Gasteiger partial charge in [0.1, 0.15) is 5.82 Å². The zero-order valence-corrected chi connectivity index (χ0v) is 14.5. The van der Waals surface area contributed by atoms with E-state index in [9.17, 15) is 9.59 Å². The van der Waals surface area contributed by atoms with Crippen molar-refractivity contribution in [2.75, 3.05) is 10.6 Å². The summed E-state index contributed by atoms with van der Waals surface area (Å²) in [5.41, 5.74) is 0.805. The second kappa shape index (κ2) is 7.09. The van der Waals surface area contributed by atoms with Crippen molar-refractivity contribution in [3.63, 3.8) is 0 Å². The minimum Gasteiger partial charge on any atom is -0.324 e. The lowest BCUT2D eigenvalue weighted by Gasteiger charge is -2.23. The molecule has 1 unspecified atom stereocenters. The number of carbonyl (C=O) groups excluding carboxylic acids is 2. The number of hydrogen-bond donors (Lipinski definition) is 2. The zero-order valence-electron chi connectivity index (χ0n) is 13.7. The highest BCUT2D eigenvalue weighted by Gasteiger charge is 2.29. The van der Waals surface area contributed by atoms with Crippen LogP contribution < -0.4 is 10.6 Å². The number of nitrogens with one attached hydrogen (secondary N) is 2. The Kier molecular flexibility index (Phi) is 4.89. The number of amides is 2. The highest BCUT2D eigenvalue weighted by atomic mass is 32.2. The van der Waals surface area contributed by atoms with E-state index in [4.69, 9.17) is 0 Å². The number of rotatable bonds is 5. The molecule has 0 saturated carbocycles. The van der Waals surface area contributed by atoms with Gasteiger partial charge in [-0.3, -0.25) is 9.59 Å². The van der Waals surface area contributed by atoms with Gasteiger partial charge in [0, 0.05) is 23.9 Å². The lowest BCUT2D eigenvalue weighted by atomic mass is 10.2. The average Bonchev–Trinajstić information content (AvgIpc) is 2.94. The summed E-state index contributed by atoms with van der Waals surface area (Å²) in [7, 11) is 0. The molecule has 0 saturated heterocycles. The van der Waals surface area contributed by atoms with Gasteiger partial charge < -0.3 is 10.6 Å². The average molecular weight is 344 g/mol. The Hall–Kier alpha value is -2.28. The van der Waals surface area contributed by atoms with Crippen molar-refractivity contribution in [1.82, 2.24) is 9.78 Å². The minimum absolute atomic E-state index is 0.123. The van der Waals surface area contributed by atoms with Gasteiger partial charge in [0.2, 0.25) is 11.8 Å². The number of fused-ring (bicyclic) bond motifs is 1. The number of para-hydroxylation sites is 1. The summed E-state index contributed by atoms with van der Waals surface area (Å²) >= 11 is 1.43. The molecule has 0 bridgehead atoms. The van der Waals surface area contributed by atoms with Crippen LogP contribution in [0.15, 0.2) is 41.4 Å². The van der Waals surface area contributed by atoms with Crippen LogP contribution in [0.5, 0.6) is 0 Å². The number of carbonyl (C=O) groups is 2. The number of hydrogen-bond acceptors (Lipinski definition) is 4. The van der Waals surface area contributed by atoms with Crippen molar-refractivity contribution in [1.29, 1.82) is 0 Å². The Morgan fingerprint density at radius 2 is 2.17 bits per heavy atom. The molecule has 1 aliphatic heterocycles. The predicted molar refractivity (Wildman–Crippen MR) is 95.0 cm³/mol. The largest absolute Gasteiger partial charge is 0.324 e.